The van der Waals surface area contributed by atoms with E-state index in [0.29, 0.717) is 5.75 Å². The summed E-state index contributed by atoms with van der Waals surface area (Å²) in [6.45, 7) is -0.00533. The van der Waals surface area contributed by atoms with E-state index in [4.69, 9.17) is 10.5 Å². The van der Waals surface area contributed by atoms with E-state index in [1.165, 1.54) is 23.9 Å². The zero-order valence-corrected chi connectivity index (χ0v) is 16.7. The van der Waals surface area contributed by atoms with Crippen LogP contribution in [0.2, 0.25) is 0 Å². The highest BCUT2D eigenvalue weighted by molar-refractivity contribution is 7.89. The van der Waals surface area contributed by atoms with Gasteiger partial charge in [-0.15, -0.1) is 0 Å². The van der Waals surface area contributed by atoms with Crippen molar-refractivity contribution >= 4 is 15.9 Å². The number of methoxy groups -OCH3 is 1. The summed E-state index contributed by atoms with van der Waals surface area (Å²) >= 11 is 0. The molecule has 0 radical (unpaired) electrons. The number of hydrogen-bond acceptors (Lipinski definition) is 5. The van der Waals surface area contributed by atoms with E-state index in [9.17, 15) is 13.2 Å². The normalized spacial score (nSPS) is 12.6. The van der Waals surface area contributed by atoms with Crippen LogP contribution in [-0.4, -0.2) is 41.6 Å². The van der Waals surface area contributed by atoms with Gasteiger partial charge in [-0.25, -0.2) is 8.42 Å². The second-order valence-corrected chi connectivity index (χ2v) is 8.25. The minimum Gasteiger partial charge on any atom is -0.497 e. The first-order valence-electron chi connectivity index (χ1n) is 8.88. The average molecular weight is 414 g/mol. The number of ether oxygens (including phenoxy) is 1. The van der Waals surface area contributed by atoms with E-state index in [2.05, 4.69) is 5.10 Å². The smallest absolute Gasteiger partial charge is 0.244 e. The molecule has 2 aromatic carbocycles. The number of carbonyl (C=O) groups excluding carboxylic acids is 1. The molecule has 3 aromatic rings. The Morgan fingerprint density at radius 1 is 1.14 bits per heavy atom. The molecule has 0 aliphatic carbocycles. The van der Waals surface area contributed by atoms with Gasteiger partial charge in [0.1, 0.15) is 11.8 Å². The lowest BCUT2D eigenvalue weighted by Crippen LogP contribution is -2.49. The van der Waals surface area contributed by atoms with E-state index in [1.54, 1.807) is 54.9 Å². The molecule has 1 aromatic heterocycles. The van der Waals surface area contributed by atoms with Crippen molar-refractivity contribution in [2.45, 2.75) is 24.0 Å². The fraction of sp³-hybridized carbons (Fsp3) is 0.200. The summed E-state index contributed by atoms with van der Waals surface area (Å²) in [6.07, 6.45) is 3.20. The third-order valence-electron chi connectivity index (χ3n) is 4.44. The van der Waals surface area contributed by atoms with Gasteiger partial charge in [-0.3, -0.25) is 9.48 Å². The first-order chi connectivity index (χ1) is 13.9. The van der Waals surface area contributed by atoms with Crippen molar-refractivity contribution in [3.8, 4) is 5.75 Å². The van der Waals surface area contributed by atoms with Gasteiger partial charge in [0.15, 0.2) is 0 Å². The van der Waals surface area contributed by atoms with Crippen molar-refractivity contribution in [1.82, 2.24) is 14.1 Å². The van der Waals surface area contributed by atoms with Crippen molar-refractivity contribution in [2.75, 3.05) is 7.11 Å². The van der Waals surface area contributed by atoms with Gasteiger partial charge in [0, 0.05) is 18.9 Å². The molecule has 1 amide bonds. The fourth-order valence-electron chi connectivity index (χ4n) is 2.92. The number of amides is 1. The minimum atomic E-state index is -4.04. The van der Waals surface area contributed by atoms with E-state index in [-0.39, 0.29) is 18.0 Å². The number of benzene rings is 2. The molecular formula is C20H22N4O4S. The zero-order valence-electron chi connectivity index (χ0n) is 15.9. The molecule has 0 fully saturated rings. The predicted octanol–water partition coefficient (Wildman–Crippen LogP) is 1.64. The molecule has 8 nitrogen and oxygen atoms in total. The monoisotopic (exact) mass is 414 g/mol. The molecule has 0 saturated heterocycles. The molecule has 1 atom stereocenters. The van der Waals surface area contributed by atoms with Gasteiger partial charge in [-0.1, -0.05) is 30.3 Å². The van der Waals surface area contributed by atoms with Gasteiger partial charge in [0.25, 0.3) is 0 Å². The van der Waals surface area contributed by atoms with Crippen molar-refractivity contribution < 1.29 is 17.9 Å². The Kier molecular flexibility index (Phi) is 6.30. The van der Waals surface area contributed by atoms with Crippen molar-refractivity contribution in [2.24, 2.45) is 5.73 Å². The van der Waals surface area contributed by atoms with E-state index >= 15 is 0 Å². The molecule has 3 rings (SSSR count). The summed E-state index contributed by atoms with van der Waals surface area (Å²) in [7, 11) is -2.54. The molecule has 0 aliphatic heterocycles. The van der Waals surface area contributed by atoms with E-state index < -0.39 is 22.0 Å². The molecule has 29 heavy (non-hydrogen) atoms. The third-order valence-corrected chi connectivity index (χ3v) is 6.31. The maximum Gasteiger partial charge on any atom is 0.244 e. The van der Waals surface area contributed by atoms with Crippen molar-refractivity contribution in [3.63, 3.8) is 0 Å². The van der Waals surface area contributed by atoms with E-state index in [0.717, 1.165) is 9.87 Å². The molecule has 1 unspecified atom stereocenters. The summed E-state index contributed by atoms with van der Waals surface area (Å²) in [4.78, 5) is 12.3. The molecule has 0 spiro atoms. The molecule has 0 bridgehead atoms. The molecule has 1 heterocycles. The lowest BCUT2D eigenvalue weighted by Gasteiger charge is -2.29. The Hall–Kier alpha value is -3.17. The van der Waals surface area contributed by atoms with Crippen LogP contribution in [0.3, 0.4) is 0 Å². The predicted molar refractivity (Wildman–Crippen MR) is 107 cm³/mol. The van der Waals surface area contributed by atoms with E-state index in [1.807, 2.05) is 6.07 Å². The van der Waals surface area contributed by atoms with Gasteiger partial charge in [0.2, 0.25) is 15.9 Å². The summed E-state index contributed by atoms with van der Waals surface area (Å²) < 4.78 is 34.6. The van der Waals surface area contributed by atoms with Gasteiger partial charge in [-0.2, -0.15) is 9.40 Å². The van der Waals surface area contributed by atoms with Crippen molar-refractivity contribution in [1.29, 1.82) is 0 Å². The number of hydrogen-bond donors (Lipinski definition) is 1. The van der Waals surface area contributed by atoms with Crippen LogP contribution in [0.25, 0.3) is 0 Å². The Morgan fingerprint density at radius 3 is 2.38 bits per heavy atom. The minimum absolute atomic E-state index is 0.00452. The largest absolute Gasteiger partial charge is 0.497 e. The quantitative estimate of drug-likeness (QED) is 0.573. The highest BCUT2D eigenvalue weighted by Crippen LogP contribution is 2.24. The average Bonchev–Trinajstić information content (AvgIpc) is 3.24. The number of rotatable bonds is 9. The third kappa shape index (κ3) is 4.82. The molecule has 9 heteroatoms. The van der Waals surface area contributed by atoms with Gasteiger partial charge < -0.3 is 10.5 Å². The fourth-order valence-corrected chi connectivity index (χ4v) is 4.49. The van der Waals surface area contributed by atoms with Gasteiger partial charge in [-0.05, 0) is 35.9 Å². The number of nitrogens with two attached hydrogens (primary N) is 1. The number of primary amides is 1. The maximum absolute atomic E-state index is 13.5. The van der Waals surface area contributed by atoms with Crippen LogP contribution in [0.15, 0.2) is 78.0 Å². The van der Waals surface area contributed by atoms with Crippen LogP contribution in [0.1, 0.15) is 5.56 Å². The molecule has 152 valence electrons. The van der Waals surface area contributed by atoms with Crippen LogP contribution in [0.4, 0.5) is 0 Å². The summed E-state index contributed by atoms with van der Waals surface area (Å²) in [5.41, 5.74) is 6.35. The zero-order chi connectivity index (χ0) is 20.9. The van der Waals surface area contributed by atoms with Crippen LogP contribution in [0, 0.1) is 0 Å². The summed E-state index contributed by atoms with van der Waals surface area (Å²) in [5, 5.41) is 4.08. The van der Waals surface area contributed by atoms with Gasteiger partial charge in [0.05, 0.1) is 18.6 Å². The Bertz CT molecular complexity index is 1040. The number of carbonyl (C=O) groups is 1. The Morgan fingerprint density at radius 2 is 1.83 bits per heavy atom. The molecule has 2 N–H and O–H groups in total. The first kappa shape index (κ1) is 20.6. The highest BCUT2D eigenvalue weighted by Gasteiger charge is 2.35. The number of aromatic nitrogens is 2. The van der Waals surface area contributed by atoms with Crippen LogP contribution in [0.5, 0.6) is 5.75 Å². The Labute approximate surface area is 169 Å². The standard InChI is InChI=1S/C20H22N4O4S/c1-28-17-8-10-18(11-9-17)29(26,27)24(14-16-6-3-2-4-7-16)19(20(21)25)15-23-13-5-12-22-23/h2-13,19H,14-15H2,1H3,(H2,21,25). The summed E-state index contributed by atoms with van der Waals surface area (Å²) in [6, 6.07) is 15.6. The first-order valence-corrected chi connectivity index (χ1v) is 10.3. The van der Waals surface area contributed by atoms with Crippen LogP contribution in [-0.2, 0) is 27.9 Å². The van der Waals surface area contributed by atoms with Crippen LogP contribution < -0.4 is 10.5 Å². The lowest BCUT2D eigenvalue weighted by molar-refractivity contribution is -0.122. The second kappa shape index (κ2) is 8.89. The summed E-state index contributed by atoms with van der Waals surface area (Å²) in [5.74, 6) is -0.227. The topological polar surface area (TPSA) is 108 Å². The second-order valence-electron chi connectivity index (χ2n) is 6.36. The molecular weight excluding hydrogens is 392 g/mol. The highest BCUT2D eigenvalue weighted by atomic mass is 32.2. The maximum atomic E-state index is 13.5. The number of nitrogens with zero attached hydrogens (tertiary/aromatic N) is 3. The van der Waals surface area contributed by atoms with Crippen molar-refractivity contribution in [3.05, 3.63) is 78.6 Å². The lowest BCUT2D eigenvalue weighted by atomic mass is 10.2. The molecule has 0 saturated carbocycles. The van der Waals surface area contributed by atoms with Crippen LogP contribution >= 0.6 is 0 Å². The SMILES string of the molecule is COc1ccc(S(=O)(=O)N(Cc2ccccc2)C(Cn2cccn2)C(N)=O)cc1. The Balaban J connectivity index is 2.03. The van der Waals surface area contributed by atoms with Gasteiger partial charge >= 0.3 is 0 Å². The molecule has 0 aliphatic rings. The number of sulfonamides is 1.